The van der Waals surface area contributed by atoms with Crippen molar-refractivity contribution in [1.29, 1.82) is 0 Å². The van der Waals surface area contributed by atoms with Gasteiger partial charge < -0.3 is 9.84 Å². The number of aryl methyl sites for hydroxylation is 1. The van der Waals surface area contributed by atoms with Crippen molar-refractivity contribution in [2.75, 3.05) is 5.32 Å². The van der Waals surface area contributed by atoms with E-state index >= 15 is 0 Å². The number of hydrogen-bond acceptors (Lipinski definition) is 3. The lowest BCUT2D eigenvalue weighted by molar-refractivity contribution is -0.115. The van der Waals surface area contributed by atoms with Crippen molar-refractivity contribution < 1.29 is 9.32 Å². The quantitative estimate of drug-likeness (QED) is 0.796. The number of fused-ring (bicyclic) bond motifs is 1. The first-order valence-electron chi connectivity index (χ1n) is 6.53. The second-order valence-electron chi connectivity index (χ2n) is 4.83. The third-order valence-corrected chi connectivity index (χ3v) is 3.49. The topological polar surface area (TPSA) is 55.1 Å². The molecule has 0 bridgehead atoms. The molecule has 106 valence electrons. The van der Waals surface area contributed by atoms with Gasteiger partial charge in [-0.05, 0) is 36.8 Å². The Kier molecular flexibility index (Phi) is 3.62. The normalized spacial score (nSPS) is 10.8. The van der Waals surface area contributed by atoms with Gasteiger partial charge in [-0.1, -0.05) is 35.0 Å². The Bertz CT molecular complexity index is 811. The maximum atomic E-state index is 12.1. The Hall–Kier alpha value is -2.33. The smallest absolute Gasteiger partial charge is 0.230 e. The molecule has 0 radical (unpaired) electrons. The van der Waals surface area contributed by atoms with E-state index in [1.807, 2.05) is 43.3 Å². The molecule has 0 unspecified atom stereocenters. The van der Waals surface area contributed by atoms with E-state index in [1.165, 1.54) is 0 Å². The van der Waals surface area contributed by atoms with Gasteiger partial charge in [-0.2, -0.15) is 0 Å². The van der Waals surface area contributed by atoms with Gasteiger partial charge in [0, 0.05) is 5.39 Å². The summed E-state index contributed by atoms with van der Waals surface area (Å²) in [5, 5.41) is 8.10. The van der Waals surface area contributed by atoms with E-state index in [2.05, 4.69) is 10.5 Å². The number of aromatic nitrogens is 1. The minimum absolute atomic E-state index is 0.140. The zero-order valence-corrected chi connectivity index (χ0v) is 12.1. The number of benzene rings is 2. The fourth-order valence-corrected chi connectivity index (χ4v) is 2.42. The van der Waals surface area contributed by atoms with Crippen LogP contribution < -0.4 is 5.32 Å². The van der Waals surface area contributed by atoms with Gasteiger partial charge in [0.05, 0.1) is 17.1 Å². The summed E-state index contributed by atoms with van der Waals surface area (Å²) < 4.78 is 5.18. The summed E-state index contributed by atoms with van der Waals surface area (Å²) in [5.74, 6) is -0.181. The molecule has 1 N–H and O–H groups in total. The summed E-state index contributed by atoms with van der Waals surface area (Å²) in [7, 11) is 0. The number of carbonyl (C=O) groups is 1. The zero-order chi connectivity index (χ0) is 14.8. The third kappa shape index (κ3) is 2.90. The number of amides is 1. The number of nitrogens with zero attached hydrogens (tertiary/aromatic N) is 1. The molecule has 0 aliphatic carbocycles. The van der Waals surface area contributed by atoms with Crippen molar-refractivity contribution in [3.05, 3.63) is 58.7 Å². The lowest BCUT2D eigenvalue weighted by atomic mass is 10.1. The highest BCUT2D eigenvalue weighted by Crippen LogP contribution is 2.23. The Morgan fingerprint density at radius 2 is 2.10 bits per heavy atom. The second-order valence-corrected chi connectivity index (χ2v) is 5.24. The fourth-order valence-electron chi connectivity index (χ4n) is 2.13. The average Bonchev–Trinajstić information content (AvgIpc) is 2.85. The van der Waals surface area contributed by atoms with E-state index in [0.717, 1.165) is 10.9 Å². The van der Waals surface area contributed by atoms with Gasteiger partial charge in [-0.3, -0.25) is 4.79 Å². The lowest BCUT2D eigenvalue weighted by Crippen LogP contribution is -2.15. The van der Waals surface area contributed by atoms with Gasteiger partial charge in [-0.25, -0.2) is 0 Å². The first-order valence-corrected chi connectivity index (χ1v) is 6.90. The van der Waals surface area contributed by atoms with Gasteiger partial charge in [0.15, 0.2) is 5.58 Å². The Labute approximate surface area is 126 Å². The van der Waals surface area contributed by atoms with Crippen molar-refractivity contribution in [2.24, 2.45) is 0 Å². The van der Waals surface area contributed by atoms with Crippen LogP contribution in [-0.2, 0) is 11.2 Å². The summed E-state index contributed by atoms with van der Waals surface area (Å²) in [4.78, 5) is 12.1. The van der Waals surface area contributed by atoms with E-state index in [0.29, 0.717) is 22.0 Å². The molecule has 3 aromatic rings. The first-order chi connectivity index (χ1) is 10.1. The molecule has 0 aliphatic rings. The highest BCUT2D eigenvalue weighted by Gasteiger charge is 2.13. The van der Waals surface area contributed by atoms with E-state index in [9.17, 15) is 4.79 Å². The molecule has 0 aliphatic heterocycles. The second kappa shape index (κ2) is 5.58. The average molecular weight is 301 g/mol. The van der Waals surface area contributed by atoms with E-state index in [1.54, 1.807) is 6.07 Å². The van der Waals surface area contributed by atoms with Crippen LogP contribution in [0, 0.1) is 6.92 Å². The number of carbonyl (C=O) groups excluding carboxylic acids is 1. The fraction of sp³-hybridized carbons (Fsp3) is 0.125. The van der Waals surface area contributed by atoms with Crippen molar-refractivity contribution in [3.63, 3.8) is 0 Å². The van der Waals surface area contributed by atoms with Crippen molar-refractivity contribution in [3.8, 4) is 0 Å². The van der Waals surface area contributed by atoms with Gasteiger partial charge in [0.25, 0.3) is 0 Å². The number of hydrogen-bond donors (Lipinski definition) is 1. The van der Waals surface area contributed by atoms with E-state index < -0.39 is 0 Å². The minimum atomic E-state index is -0.181. The van der Waals surface area contributed by atoms with Crippen LogP contribution in [0.25, 0.3) is 11.0 Å². The Balaban J connectivity index is 1.77. The van der Waals surface area contributed by atoms with E-state index in [-0.39, 0.29) is 12.3 Å². The minimum Gasteiger partial charge on any atom is -0.356 e. The van der Waals surface area contributed by atoms with Crippen LogP contribution in [0.2, 0.25) is 5.02 Å². The molecule has 2 aromatic carbocycles. The molecular formula is C16H13ClN2O2. The van der Waals surface area contributed by atoms with Crippen LogP contribution in [0.5, 0.6) is 0 Å². The summed E-state index contributed by atoms with van der Waals surface area (Å²) in [6.07, 6.45) is 0.140. The summed E-state index contributed by atoms with van der Waals surface area (Å²) in [6.45, 7) is 1.94. The largest absolute Gasteiger partial charge is 0.356 e. The molecule has 3 rings (SSSR count). The molecule has 5 heteroatoms. The summed E-state index contributed by atoms with van der Waals surface area (Å²) >= 11 is 6.10. The summed E-state index contributed by atoms with van der Waals surface area (Å²) in [5.41, 5.74) is 2.93. The number of halogens is 1. The monoisotopic (exact) mass is 300 g/mol. The van der Waals surface area contributed by atoms with Crippen LogP contribution in [0.15, 0.2) is 47.0 Å². The van der Waals surface area contributed by atoms with Crippen molar-refractivity contribution in [1.82, 2.24) is 5.16 Å². The Morgan fingerprint density at radius 3 is 2.90 bits per heavy atom. The molecule has 1 aromatic heterocycles. The van der Waals surface area contributed by atoms with Gasteiger partial charge in [0.2, 0.25) is 5.91 Å². The Morgan fingerprint density at radius 1 is 1.29 bits per heavy atom. The molecule has 21 heavy (non-hydrogen) atoms. The third-order valence-electron chi connectivity index (χ3n) is 3.18. The van der Waals surface area contributed by atoms with Crippen molar-refractivity contribution >= 4 is 34.2 Å². The molecule has 0 fully saturated rings. The maximum Gasteiger partial charge on any atom is 0.230 e. The number of rotatable bonds is 3. The van der Waals surface area contributed by atoms with Gasteiger partial charge >= 0.3 is 0 Å². The first kappa shape index (κ1) is 13.6. The number of para-hydroxylation sites is 1. The lowest BCUT2D eigenvalue weighted by Gasteiger charge is -2.07. The van der Waals surface area contributed by atoms with Crippen molar-refractivity contribution in [2.45, 2.75) is 13.3 Å². The standard InChI is InChI=1S/C16H13ClN2O2/c1-10-6-7-13(12(17)8-10)18-16(20)9-14-11-4-2-3-5-15(11)21-19-14/h2-8H,9H2,1H3,(H,18,20). The SMILES string of the molecule is Cc1ccc(NC(=O)Cc2noc3ccccc23)c(Cl)c1. The van der Waals surface area contributed by atoms with Crippen LogP contribution in [0.4, 0.5) is 5.69 Å². The molecule has 4 nitrogen and oxygen atoms in total. The highest BCUT2D eigenvalue weighted by atomic mass is 35.5. The molecular weight excluding hydrogens is 288 g/mol. The number of nitrogens with one attached hydrogen (secondary N) is 1. The molecule has 0 spiro atoms. The highest BCUT2D eigenvalue weighted by molar-refractivity contribution is 6.33. The van der Waals surface area contributed by atoms with Crippen LogP contribution in [0.1, 0.15) is 11.3 Å². The van der Waals surface area contributed by atoms with Gasteiger partial charge in [0.1, 0.15) is 5.69 Å². The molecule has 1 heterocycles. The van der Waals surface area contributed by atoms with Crippen LogP contribution in [0.3, 0.4) is 0 Å². The van der Waals surface area contributed by atoms with Crippen LogP contribution >= 0.6 is 11.6 Å². The zero-order valence-electron chi connectivity index (χ0n) is 11.4. The summed E-state index contributed by atoms with van der Waals surface area (Å²) in [6, 6.07) is 12.9. The molecule has 0 saturated heterocycles. The van der Waals surface area contributed by atoms with E-state index in [4.69, 9.17) is 16.1 Å². The van der Waals surface area contributed by atoms with Crippen LogP contribution in [-0.4, -0.2) is 11.1 Å². The predicted octanol–water partition coefficient (Wildman–Crippen LogP) is 3.97. The maximum absolute atomic E-state index is 12.1. The predicted molar refractivity (Wildman–Crippen MR) is 82.5 cm³/mol. The molecule has 0 saturated carbocycles. The van der Waals surface area contributed by atoms with Gasteiger partial charge in [-0.15, -0.1) is 0 Å². The molecule has 1 amide bonds. The molecule has 0 atom stereocenters. The number of anilines is 1.